The molecule has 5 nitrogen and oxygen atoms in total. The standard InChI is InChI=1S/C16H22N2O3S/c1-5-21-10-9-18-14-12(20-4)7-6-8-13(14)22-16(18)17-15(19)11(2)3/h6-8,11H,5,9-10H2,1-4H3. The normalized spacial score (nSPS) is 12.3. The molecular formula is C16H22N2O3S. The van der Waals surface area contributed by atoms with E-state index in [0.29, 0.717) is 24.6 Å². The van der Waals surface area contributed by atoms with Gasteiger partial charge in [-0.2, -0.15) is 4.99 Å². The molecule has 1 aromatic heterocycles. The van der Waals surface area contributed by atoms with Gasteiger partial charge in [0.15, 0.2) is 4.80 Å². The highest BCUT2D eigenvalue weighted by Crippen LogP contribution is 2.27. The quantitative estimate of drug-likeness (QED) is 0.769. The molecule has 0 saturated carbocycles. The molecular weight excluding hydrogens is 300 g/mol. The van der Waals surface area contributed by atoms with Crippen LogP contribution in [0.1, 0.15) is 20.8 Å². The van der Waals surface area contributed by atoms with E-state index in [0.717, 1.165) is 16.0 Å². The topological polar surface area (TPSA) is 52.8 Å². The highest BCUT2D eigenvalue weighted by atomic mass is 32.1. The van der Waals surface area contributed by atoms with Crippen molar-refractivity contribution in [3.05, 3.63) is 23.0 Å². The minimum Gasteiger partial charge on any atom is -0.495 e. The smallest absolute Gasteiger partial charge is 0.250 e. The lowest BCUT2D eigenvalue weighted by Gasteiger charge is -2.08. The van der Waals surface area contributed by atoms with Crippen LogP contribution in [-0.4, -0.2) is 30.8 Å². The third-order valence-electron chi connectivity index (χ3n) is 3.25. The molecule has 0 radical (unpaired) electrons. The Hall–Kier alpha value is -1.66. The number of ether oxygens (including phenoxy) is 2. The lowest BCUT2D eigenvalue weighted by molar-refractivity contribution is -0.120. The molecule has 0 unspecified atom stereocenters. The number of hydrogen-bond acceptors (Lipinski definition) is 4. The second kappa shape index (κ2) is 7.56. The zero-order valence-corrected chi connectivity index (χ0v) is 14.3. The van der Waals surface area contributed by atoms with Gasteiger partial charge < -0.3 is 14.0 Å². The van der Waals surface area contributed by atoms with Crippen molar-refractivity contribution in [2.45, 2.75) is 27.3 Å². The summed E-state index contributed by atoms with van der Waals surface area (Å²) in [6.07, 6.45) is 0. The Morgan fingerprint density at radius 3 is 2.82 bits per heavy atom. The van der Waals surface area contributed by atoms with Crippen molar-refractivity contribution in [1.82, 2.24) is 4.57 Å². The Labute approximate surface area is 134 Å². The molecule has 1 heterocycles. The first-order valence-electron chi connectivity index (χ1n) is 7.41. The summed E-state index contributed by atoms with van der Waals surface area (Å²) in [5.41, 5.74) is 0.963. The van der Waals surface area contributed by atoms with Gasteiger partial charge in [-0.25, -0.2) is 0 Å². The maximum absolute atomic E-state index is 12.0. The number of carbonyl (C=O) groups excluding carboxylic acids is 1. The number of rotatable bonds is 6. The summed E-state index contributed by atoms with van der Waals surface area (Å²) in [6, 6.07) is 5.87. The zero-order chi connectivity index (χ0) is 16.1. The number of thiazole rings is 1. The van der Waals surface area contributed by atoms with Gasteiger partial charge in [0, 0.05) is 19.1 Å². The highest BCUT2D eigenvalue weighted by Gasteiger charge is 2.13. The summed E-state index contributed by atoms with van der Waals surface area (Å²) >= 11 is 1.50. The average Bonchev–Trinajstić information content (AvgIpc) is 2.85. The number of fused-ring (bicyclic) bond motifs is 1. The van der Waals surface area contributed by atoms with Gasteiger partial charge in [0.2, 0.25) is 0 Å². The molecule has 1 amide bonds. The molecule has 0 aliphatic rings. The largest absolute Gasteiger partial charge is 0.495 e. The van der Waals surface area contributed by atoms with Crippen LogP contribution in [0.25, 0.3) is 10.2 Å². The fourth-order valence-corrected chi connectivity index (χ4v) is 3.16. The first-order chi connectivity index (χ1) is 10.6. The van der Waals surface area contributed by atoms with Crippen LogP contribution in [0.15, 0.2) is 23.2 Å². The van der Waals surface area contributed by atoms with Gasteiger partial charge in [0.1, 0.15) is 11.3 Å². The molecule has 0 spiro atoms. The Morgan fingerprint density at radius 2 is 2.18 bits per heavy atom. The van der Waals surface area contributed by atoms with Gasteiger partial charge in [-0.1, -0.05) is 31.3 Å². The van der Waals surface area contributed by atoms with Crippen LogP contribution in [0.5, 0.6) is 5.75 Å². The Kier molecular flexibility index (Phi) is 5.74. The molecule has 1 aromatic carbocycles. The summed E-state index contributed by atoms with van der Waals surface area (Å²) in [5, 5.41) is 0. The van der Waals surface area contributed by atoms with Crippen molar-refractivity contribution in [1.29, 1.82) is 0 Å². The van der Waals surface area contributed by atoms with E-state index in [4.69, 9.17) is 9.47 Å². The number of methoxy groups -OCH3 is 1. The summed E-state index contributed by atoms with van der Waals surface area (Å²) in [6.45, 7) is 7.54. The minimum absolute atomic E-state index is 0.115. The molecule has 0 saturated heterocycles. The molecule has 2 aromatic rings. The Bertz CT molecular complexity index is 716. The van der Waals surface area contributed by atoms with E-state index in [1.54, 1.807) is 7.11 Å². The minimum atomic E-state index is -0.118. The first-order valence-corrected chi connectivity index (χ1v) is 8.22. The molecule has 22 heavy (non-hydrogen) atoms. The van der Waals surface area contributed by atoms with Crippen LogP contribution in [0, 0.1) is 5.92 Å². The summed E-state index contributed by atoms with van der Waals surface area (Å²) in [5.74, 6) is 0.548. The maximum Gasteiger partial charge on any atom is 0.250 e. The van der Waals surface area contributed by atoms with E-state index in [-0.39, 0.29) is 11.8 Å². The predicted octanol–water partition coefficient (Wildman–Crippen LogP) is 2.83. The van der Waals surface area contributed by atoms with Gasteiger partial charge in [0.05, 0.1) is 18.4 Å². The molecule has 2 rings (SSSR count). The number of para-hydroxylation sites is 1. The Balaban J connectivity index is 2.59. The van der Waals surface area contributed by atoms with E-state index < -0.39 is 0 Å². The lowest BCUT2D eigenvalue weighted by atomic mass is 10.2. The molecule has 0 atom stereocenters. The van der Waals surface area contributed by atoms with Crippen molar-refractivity contribution in [3.8, 4) is 5.75 Å². The molecule has 0 bridgehead atoms. The van der Waals surface area contributed by atoms with Crippen LogP contribution in [0.3, 0.4) is 0 Å². The van der Waals surface area contributed by atoms with E-state index in [1.165, 1.54) is 11.3 Å². The fraction of sp³-hybridized carbons (Fsp3) is 0.500. The van der Waals surface area contributed by atoms with E-state index in [9.17, 15) is 4.79 Å². The average molecular weight is 322 g/mol. The van der Waals surface area contributed by atoms with E-state index in [2.05, 4.69) is 4.99 Å². The van der Waals surface area contributed by atoms with E-state index >= 15 is 0 Å². The van der Waals surface area contributed by atoms with Gasteiger partial charge >= 0.3 is 0 Å². The zero-order valence-electron chi connectivity index (χ0n) is 13.5. The number of aromatic nitrogens is 1. The van der Waals surface area contributed by atoms with E-state index in [1.807, 2.05) is 43.5 Å². The molecule has 120 valence electrons. The fourth-order valence-electron chi connectivity index (χ4n) is 2.08. The second-order valence-corrected chi connectivity index (χ2v) is 6.15. The van der Waals surface area contributed by atoms with Crippen molar-refractivity contribution in [2.24, 2.45) is 10.9 Å². The molecule has 0 aliphatic carbocycles. The first kappa shape index (κ1) is 16.7. The second-order valence-electron chi connectivity index (χ2n) is 5.14. The SMILES string of the molecule is CCOCCn1c(=NC(=O)C(C)C)sc2cccc(OC)c21. The number of hydrogen-bond donors (Lipinski definition) is 0. The maximum atomic E-state index is 12.0. The third kappa shape index (κ3) is 3.56. The predicted molar refractivity (Wildman–Crippen MR) is 88.3 cm³/mol. The highest BCUT2D eigenvalue weighted by molar-refractivity contribution is 7.16. The van der Waals surface area contributed by atoms with Crippen LogP contribution in [0.2, 0.25) is 0 Å². The number of benzene rings is 1. The van der Waals surface area contributed by atoms with Crippen LogP contribution in [-0.2, 0) is 16.1 Å². The van der Waals surface area contributed by atoms with Gasteiger partial charge in [-0.15, -0.1) is 0 Å². The molecule has 6 heteroatoms. The lowest BCUT2D eigenvalue weighted by Crippen LogP contribution is -2.21. The van der Waals surface area contributed by atoms with Gasteiger partial charge in [-0.05, 0) is 19.1 Å². The Morgan fingerprint density at radius 1 is 1.41 bits per heavy atom. The number of nitrogens with zero attached hydrogens (tertiary/aromatic N) is 2. The van der Waals surface area contributed by atoms with Gasteiger partial charge in [0.25, 0.3) is 5.91 Å². The van der Waals surface area contributed by atoms with Crippen LogP contribution >= 0.6 is 11.3 Å². The van der Waals surface area contributed by atoms with Crippen LogP contribution in [0.4, 0.5) is 0 Å². The summed E-state index contributed by atoms with van der Waals surface area (Å²) in [4.78, 5) is 17.0. The molecule has 0 aliphatic heterocycles. The number of amides is 1. The monoisotopic (exact) mass is 322 g/mol. The van der Waals surface area contributed by atoms with Crippen molar-refractivity contribution in [2.75, 3.05) is 20.3 Å². The molecule has 0 fully saturated rings. The summed E-state index contributed by atoms with van der Waals surface area (Å²) in [7, 11) is 1.65. The number of carbonyl (C=O) groups is 1. The van der Waals surface area contributed by atoms with Crippen molar-refractivity contribution < 1.29 is 14.3 Å². The van der Waals surface area contributed by atoms with Crippen LogP contribution < -0.4 is 9.54 Å². The summed E-state index contributed by atoms with van der Waals surface area (Å²) < 4.78 is 14.0. The van der Waals surface area contributed by atoms with Crippen molar-refractivity contribution in [3.63, 3.8) is 0 Å². The third-order valence-corrected chi connectivity index (χ3v) is 4.29. The van der Waals surface area contributed by atoms with Gasteiger partial charge in [-0.3, -0.25) is 4.79 Å². The molecule has 0 N–H and O–H groups in total. The van der Waals surface area contributed by atoms with Crippen molar-refractivity contribution >= 4 is 27.5 Å².